The van der Waals surface area contributed by atoms with E-state index in [1.807, 2.05) is 37.3 Å². The van der Waals surface area contributed by atoms with Crippen LogP contribution in [0.5, 0.6) is 5.88 Å². The molecule has 0 saturated carbocycles. The van der Waals surface area contributed by atoms with E-state index in [2.05, 4.69) is 10.1 Å². The Labute approximate surface area is 140 Å². The summed E-state index contributed by atoms with van der Waals surface area (Å²) in [5, 5.41) is 4.00. The van der Waals surface area contributed by atoms with Gasteiger partial charge in [-0.25, -0.2) is 4.98 Å². The van der Waals surface area contributed by atoms with Crippen molar-refractivity contribution in [2.75, 3.05) is 18.6 Å². The molecule has 124 valence electrons. The average molecular weight is 325 g/mol. The van der Waals surface area contributed by atoms with Crippen molar-refractivity contribution in [2.45, 2.75) is 19.4 Å². The van der Waals surface area contributed by atoms with Crippen molar-refractivity contribution in [3.8, 4) is 5.88 Å². The van der Waals surface area contributed by atoms with Gasteiger partial charge in [-0.15, -0.1) is 0 Å². The van der Waals surface area contributed by atoms with Crippen molar-refractivity contribution in [1.29, 1.82) is 0 Å². The molecule has 24 heavy (non-hydrogen) atoms. The molecule has 0 radical (unpaired) electrons. The maximum atomic E-state index is 12.8. The third-order valence-electron chi connectivity index (χ3n) is 3.89. The van der Waals surface area contributed by atoms with E-state index in [1.54, 1.807) is 30.3 Å². The highest BCUT2D eigenvalue weighted by Crippen LogP contribution is 2.28. The van der Waals surface area contributed by atoms with Gasteiger partial charge in [0.1, 0.15) is 5.71 Å². The maximum absolute atomic E-state index is 12.8. The van der Waals surface area contributed by atoms with E-state index in [4.69, 9.17) is 9.57 Å². The lowest BCUT2D eigenvalue weighted by molar-refractivity contribution is -0.112. The number of hydrogen-bond acceptors (Lipinski definition) is 5. The third kappa shape index (κ3) is 3.22. The highest BCUT2D eigenvalue weighted by atomic mass is 16.6. The van der Waals surface area contributed by atoms with Gasteiger partial charge in [-0.1, -0.05) is 35.5 Å². The Bertz CT molecular complexity index is 729. The van der Waals surface area contributed by atoms with Crippen LogP contribution in [0.1, 0.15) is 25.0 Å². The SMILES string of the molecule is CCN(C(=O)C1=NO[C@@H](c2ccccc2)C1)c1ccc(OC)nc1. The number of pyridine rings is 1. The van der Waals surface area contributed by atoms with Crippen molar-refractivity contribution >= 4 is 17.3 Å². The van der Waals surface area contributed by atoms with Crippen LogP contribution in [0.15, 0.2) is 53.8 Å². The number of carbonyl (C=O) groups is 1. The summed E-state index contributed by atoms with van der Waals surface area (Å²) in [5.41, 5.74) is 2.13. The number of carbonyl (C=O) groups excluding carboxylic acids is 1. The van der Waals surface area contributed by atoms with E-state index in [0.29, 0.717) is 30.2 Å². The highest BCUT2D eigenvalue weighted by molar-refractivity contribution is 6.43. The normalized spacial score (nSPS) is 16.2. The molecule has 0 bridgehead atoms. The monoisotopic (exact) mass is 325 g/mol. The predicted molar refractivity (Wildman–Crippen MR) is 91.1 cm³/mol. The Hall–Kier alpha value is -2.89. The van der Waals surface area contributed by atoms with Crippen LogP contribution in [-0.4, -0.2) is 30.3 Å². The summed E-state index contributed by atoms with van der Waals surface area (Å²) in [4.78, 5) is 24.0. The van der Waals surface area contributed by atoms with Gasteiger partial charge in [0.15, 0.2) is 6.10 Å². The van der Waals surface area contributed by atoms with Gasteiger partial charge in [-0.2, -0.15) is 0 Å². The molecule has 3 rings (SSSR count). The summed E-state index contributed by atoms with van der Waals surface area (Å²) in [5.74, 6) is 0.343. The van der Waals surface area contributed by atoms with E-state index < -0.39 is 0 Å². The molecule has 6 heteroatoms. The Morgan fingerprint density at radius 2 is 2.08 bits per heavy atom. The largest absolute Gasteiger partial charge is 0.481 e. The number of hydrogen-bond donors (Lipinski definition) is 0. The Morgan fingerprint density at radius 1 is 1.29 bits per heavy atom. The van der Waals surface area contributed by atoms with Gasteiger partial charge in [0.25, 0.3) is 5.91 Å². The minimum absolute atomic E-state index is 0.164. The quantitative estimate of drug-likeness (QED) is 0.848. The van der Waals surface area contributed by atoms with Crippen molar-refractivity contribution < 1.29 is 14.4 Å². The van der Waals surface area contributed by atoms with Gasteiger partial charge in [-0.3, -0.25) is 4.79 Å². The van der Waals surface area contributed by atoms with Gasteiger partial charge in [0.2, 0.25) is 5.88 Å². The van der Waals surface area contributed by atoms with Crippen molar-refractivity contribution in [2.24, 2.45) is 5.16 Å². The van der Waals surface area contributed by atoms with Crippen LogP contribution in [-0.2, 0) is 9.63 Å². The second-order valence-corrected chi connectivity index (χ2v) is 5.36. The van der Waals surface area contributed by atoms with E-state index >= 15 is 0 Å². The summed E-state index contributed by atoms with van der Waals surface area (Å²) in [6, 6.07) is 13.3. The number of oxime groups is 1. The fourth-order valence-electron chi connectivity index (χ4n) is 2.60. The molecule has 1 amide bonds. The lowest BCUT2D eigenvalue weighted by Crippen LogP contribution is -2.36. The van der Waals surface area contributed by atoms with Gasteiger partial charge in [0, 0.05) is 19.0 Å². The number of rotatable bonds is 5. The molecule has 2 heterocycles. The Morgan fingerprint density at radius 3 is 2.71 bits per heavy atom. The van der Waals surface area contributed by atoms with Gasteiger partial charge in [0.05, 0.1) is 19.0 Å². The molecule has 0 N–H and O–H groups in total. The molecule has 1 atom stereocenters. The zero-order valence-corrected chi connectivity index (χ0v) is 13.7. The molecule has 0 aliphatic carbocycles. The molecule has 0 fully saturated rings. The first-order chi connectivity index (χ1) is 11.7. The highest BCUT2D eigenvalue weighted by Gasteiger charge is 2.30. The van der Waals surface area contributed by atoms with E-state index in [9.17, 15) is 4.79 Å². The molecule has 0 spiro atoms. The first-order valence-corrected chi connectivity index (χ1v) is 7.82. The van der Waals surface area contributed by atoms with Crippen LogP contribution in [0.2, 0.25) is 0 Å². The minimum atomic E-state index is -0.210. The topological polar surface area (TPSA) is 64.0 Å². The molecule has 6 nitrogen and oxygen atoms in total. The predicted octanol–water partition coefficient (Wildman–Crippen LogP) is 2.96. The molecule has 0 unspecified atom stereocenters. The Balaban J connectivity index is 1.72. The van der Waals surface area contributed by atoms with Gasteiger partial charge >= 0.3 is 0 Å². The molecule has 1 aliphatic heterocycles. The molecule has 1 aromatic heterocycles. The van der Waals surface area contributed by atoms with Crippen molar-refractivity contribution in [3.63, 3.8) is 0 Å². The number of nitrogens with zero attached hydrogens (tertiary/aromatic N) is 3. The number of amides is 1. The second kappa shape index (κ2) is 7.12. The van der Waals surface area contributed by atoms with Crippen LogP contribution in [0.3, 0.4) is 0 Å². The summed E-state index contributed by atoms with van der Waals surface area (Å²) < 4.78 is 5.05. The summed E-state index contributed by atoms with van der Waals surface area (Å²) >= 11 is 0. The molecule has 1 aliphatic rings. The molecular formula is C18H19N3O3. The van der Waals surface area contributed by atoms with Crippen LogP contribution >= 0.6 is 0 Å². The lowest BCUT2D eigenvalue weighted by atomic mass is 10.0. The molecular weight excluding hydrogens is 306 g/mol. The van der Waals surface area contributed by atoms with Crippen molar-refractivity contribution in [3.05, 3.63) is 54.2 Å². The molecule has 0 saturated heterocycles. The fourth-order valence-corrected chi connectivity index (χ4v) is 2.60. The van der Waals surface area contributed by atoms with E-state index in [-0.39, 0.29) is 12.0 Å². The van der Waals surface area contributed by atoms with Gasteiger partial charge < -0.3 is 14.5 Å². The van der Waals surface area contributed by atoms with Crippen molar-refractivity contribution in [1.82, 2.24) is 4.98 Å². The number of anilines is 1. The Kier molecular flexibility index (Phi) is 4.74. The van der Waals surface area contributed by atoms with E-state index in [1.165, 1.54) is 0 Å². The minimum Gasteiger partial charge on any atom is -0.481 e. The first kappa shape index (κ1) is 16.0. The summed E-state index contributed by atoms with van der Waals surface area (Å²) in [6.07, 6.45) is 1.87. The molecule has 1 aromatic carbocycles. The fraction of sp³-hybridized carbons (Fsp3) is 0.278. The average Bonchev–Trinajstić information content (AvgIpc) is 3.14. The van der Waals surface area contributed by atoms with Crippen LogP contribution < -0.4 is 9.64 Å². The smallest absolute Gasteiger partial charge is 0.276 e. The maximum Gasteiger partial charge on any atom is 0.276 e. The zero-order chi connectivity index (χ0) is 16.9. The zero-order valence-electron chi connectivity index (χ0n) is 13.7. The summed E-state index contributed by atoms with van der Waals surface area (Å²) in [6.45, 7) is 2.43. The number of methoxy groups -OCH3 is 1. The van der Waals surface area contributed by atoms with Crippen LogP contribution in [0.25, 0.3) is 0 Å². The summed E-state index contributed by atoms with van der Waals surface area (Å²) in [7, 11) is 1.55. The number of aromatic nitrogens is 1. The number of benzene rings is 1. The van der Waals surface area contributed by atoms with E-state index in [0.717, 1.165) is 5.56 Å². The van der Waals surface area contributed by atoms with Crippen LogP contribution in [0, 0.1) is 0 Å². The van der Waals surface area contributed by atoms with Crippen LogP contribution in [0.4, 0.5) is 5.69 Å². The number of ether oxygens (including phenoxy) is 1. The van der Waals surface area contributed by atoms with Gasteiger partial charge in [-0.05, 0) is 18.6 Å². The third-order valence-corrected chi connectivity index (χ3v) is 3.89. The second-order valence-electron chi connectivity index (χ2n) is 5.36. The first-order valence-electron chi connectivity index (χ1n) is 7.82. The molecule has 2 aromatic rings. The lowest BCUT2D eigenvalue weighted by Gasteiger charge is -2.20. The standard InChI is InChI=1S/C18H19N3O3/c1-3-21(14-9-10-17(23-2)19-12-14)18(22)15-11-16(24-20-15)13-7-5-4-6-8-13/h4-10,12,16H,3,11H2,1-2H3/t16-/m1/s1.